The Hall–Kier alpha value is -2.12. The number of aromatic nitrogens is 4. The maximum absolute atomic E-state index is 11.7. The molecule has 2 aromatic rings. The van der Waals surface area contributed by atoms with Crippen LogP contribution < -0.4 is 10.9 Å². The molecule has 20 heavy (non-hydrogen) atoms. The molecule has 2 N–H and O–H groups in total. The number of aromatic amines is 1. The molecule has 0 bridgehead atoms. The fourth-order valence-corrected chi connectivity index (χ4v) is 1.70. The van der Waals surface area contributed by atoms with Crippen molar-refractivity contribution < 1.29 is 4.74 Å². The molecule has 0 atom stereocenters. The molecule has 0 radical (unpaired) electrons. The molecule has 0 aliphatic heterocycles. The molecule has 0 aromatic carbocycles. The molecule has 106 valence electrons. The van der Waals surface area contributed by atoms with Crippen LogP contribution in [0.15, 0.2) is 23.1 Å². The van der Waals surface area contributed by atoms with Gasteiger partial charge in [0.25, 0.3) is 5.56 Å². The zero-order valence-electron chi connectivity index (χ0n) is 11.5. The number of aryl methyl sites for hydroxylation is 1. The van der Waals surface area contributed by atoms with Gasteiger partial charge in [0.05, 0.1) is 12.3 Å². The second-order valence-corrected chi connectivity index (χ2v) is 4.24. The van der Waals surface area contributed by atoms with Crippen molar-refractivity contribution in [2.45, 2.75) is 13.5 Å². The van der Waals surface area contributed by atoms with Gasteiger partial charge in [-0.1, -0.05) is 0 Å². The summed E-state index contributed by atoms with van der Waals surface area (Å²) in [7, 11) is 1.64. The van der Waals surface area contributed by atoms with Gasteiger partial charge in [-0.2, -0.15) is 0 Å². The molecule has 0 unspecified atom stereocenters. The van der Waals surface area contributed by atoms with Crippen molar-refractivity contribution in [3.63, 3.8) is 0 Å². The van der Waals surface area contributed by atoms with E-state index in [4.69, 9.17) is 4.74 Å². The summed E-state index contributed by atoms with van der Waals surface area (Å²) in [6.45, 7) is 3.61. The Bertz CT molecular complexity index is 626. The van der Waals surface area contributed by atoms with Gasteiger partial charge in [-0.25, -0.2) is 15.0 Å². The lowest BCUT2D eigenvalue weighted by atomic mass is 10.3. The quantitative estimate of drug-likeness (QED) is 0.735. The van der Waals surface area contributed by atoms with Crippen LogP contribution in [-0.4, -0.2) is 40.2 Å². The van der Waals surface area contributed by atoms with E-state index in [1.165, 1.54) is 6.07 Å². The van der Waals surface area contributed by atoms with Crippen LogP contribution >= 0.6 is 0 Å². The first kappa shape index (κ1) is 14.3. The minimum atomic E-state index is -0.199. The van der Waals surface area contributed by atoms with Crippen molar-refractivity contribution in [3.8, 4) is 11.5 Å². The predicted octanol–water partition coefficient (Wildman–Crippen LogP) is 0.271. The summed E-state index contributed by atoms with van der Waals surface area (Å²) in [6.07, 6.45) is 1.64. The molecule has 0 fully saturated rings. The van der Waals surface area contributed by atoms with Crippen LogP contribution in [0.4, 0.5) is 0 Å². The summed E-state index contributed by atoms with van der Waals surface area (Å²) >= 11 is 0. The number of hydrogen-bond acceptors (Lipinski definition) is 6. The monoisotopic (exact) mass is 275 g/mol. The topological polar surface area (TPSA) is 92.8 Å². The highest BCUT2D eigenvalue weighted by atomic mass is 16.5. The van der Waals surface area contributed by atoms with Crippen LogP contribution in [0, 0.1) is 6.92 Å². The lowest BCUT2D eigenvalue weighted by molar-refractivity contribution is 0.199. The predicted molar refractivity (Wildman–Crippen MR) is 74.2 cm³/mol. The number of ether oxygens (including phenoxy) is 1. The van der Waals surface area contributed by atoms with E-state index in [-0.39, 0.29) is 5.56 Å². The summed E-state index contributed by atoms with van der Waals surface area (Å²) in [6, 6.07) is 3.19. The smallest absolute Gasteiger partial charge is 0.251 e. The molecule has 0 spiro atoms. The number of methoxy groups -OCH3 is 1. The van der Waals surface area contributed by atoms with Crippen LogP contribution in [0.25, 0.3) is 11.5 Å². The maximum atomic E-state index is 11.7. The normalized spacial score (nSPS) is 10.7. The SMILES string of the molecule is COCCNCc1cc(=O)[nH]c(-c2ccnc(C)n2)n1. The van der Waals surface area contributed by atoms with Crippen molar-refractivity contribution in [1.29, 1.82) is 0 Å². The van der Waals surface area contributed by atoms with Gasteiger partial charge in [-0.15, -0.1) is 0 Å². The summed E-state index contributed by atoms with van der Waals surface area (Å²) in [5, 5.41) is 3.15. The van der Waals surface area contributed by atoms with E-state index in [9.17, 15) is 4.79 Å². The first-order chi connectivity index (χ1) is 9.69. The number of nitrogens with one attached hydrogen (secondary N) is 2. The molecule has 0 saturated carbocycles. The largest absolute Gasteiger partial charge is 0.383 e. The van der Waals surface area contributed by atoms with Gasteiger partial charge >= 0.3 is 0 Å². The minimum Gasteiger partial charge on any atom is -0.383 e. The maximum Gasteiger partial charge on any atom is 0.251 e. The molecule has 7 heteroatoms. The molecule has 0 amide bonds. The standard InChI is InChI=1S/C13H17N5O2/c1-9-15-4-3-11(16-9)13-17-10(7-12(19)18-13)8-14-5-6-20-2/h3-4,7,14H,5-6,8H2,1-2H3,(H,17,18,19). The van der Waals surface area contributed by atoms with Crippen molar-refractivity contribution in [2.75, 3.05) is 20.3 Å². The Morgan fingerprint density at radius 2 is 2.25 bits per heavy atom. The van der Waals surface area contributed by atoms with Gasteiger partial charge in [-0.05, 0) is 13.0 Å². The molecule has 7 nitrogen and oxygen atoms in total. The van der Waals surface area contributed by atoms with Crippen LogP contribution in [0.3, 0.4) is 0 Å². The lowest BCUT2D eigenvalue weighted by Gasteiger charge is -2.05. The molecule has 0 saturated heterocycles. The zero-order chi connectivity index (χ0) is 14.4. The molecular weight excluding hydrogens is 258 g/mol. The van der Waals surface area contributed by atoms with Crippen LogP contribution in [0.1, 0.15) is 11.5 Å². The van der Waals surface area contributed by atoms with Gasteiger partial charge in [0.15, 0.2) is 5.82 Å². The van der Waals surface area contributed by atoms with E-state index < -0.39 is 0 Å². The summed E-state index contributed by atoms with van der Waals surface area (Å²) in [4.78, 5) is 27.0. The third kappa shape index (κ3) is 3.94. The second-order valence-electron chi connectivity index (χ2n) is 4.24. The Morgan fingerprint density at radius 3 is 3.00 bits per heavy atom. The summed E-state index contributed by atoms with van der Waals surface area (Å²) in [5.74, 6) is 1.08. The Balaban J connectivity index is 2.18. The Morgan fingerprint density at radius 1 is 1.40 bits per heavy atom. The van der Waals surface area contributed by atoms with Crippen molar-refractivity contribution >= 4 is 0 Å². The van der Waals surface area contributed by atoms with E-state index in [0.717, 1.165) is 0 Å². The highest BCUT2D eigenvalue weighted by Gasteiger charge is 2.05. The van der Waals surface area contributed by atoms with E-state index in [1.54, 1.807) is 26.3 Å². The third-order valence-corrected chi connectivity index (χ3v) is 2.60. The van der Waals surface area contributed by atoms with Gasteiger partial charge in [-0.3, -0.25) is 4.79 Å². The zero-order valence-corrected chi connectivity index (χ0v) is 11.5. The average molecular weight is 275 g/mol. The minimum absolute atomic E-state index is 0.199. The molecule has 0 aliphatic carbocycles. The van der Waals surface area contributed by atoms with Crippen LogP contribution in [0.2, 0.25) is 0 Å². The van der Waals surface area contributed by atoms with E-state index in [0.29, 0.717) is 42.7 Å². The number of nitrogens with zero attached hydrogens (tertiary/aromatic N) is 3. The molecule has 2 aromatic heterocycles. The summed E-state index contributed by atoms with van der Waals surface area (Å²) < 4.78 is 4.94. The van der Waals surface area contributed by atoms with Crippen molar-refractivity contribution in [3.05, 3.63) is 40.2 Å². The second kappa shape index (κ2) is 6.88. The number of rotatable bonds is 6. The van der Waals surface area contributed by atoms with Crippen molar-refractivity contribution in [2.24, 2.45) is 0 Å². The van der Waals surface area contributed by atoms with E-state index >= 15 is 0 Å². The summed E-state index contributed by atoms with van der Waals surface area (Å²) in [5.41, 5.74) is 1.07. The first-order valence-electron chi connectivity index (χ1n) is 6.29. The van der Waals surface area contributed by atoms with Crippen molar-refractivity contribution in [1.82, 2.24) is 25.3 Å². The van der Waals surface area contributed by atoms with Gasteiger partial charge in [0.1, 0.15) is 11.5 Å². The van der Waals surface area contributed by atoms with Gasteiger partial charge in [0, 0.05) is 32.5 Å². The molecule has 2 rings (SSSR count). The fourth-order valence-electron chi connectivity index (χ4n) is 1.70. The van der Waals surface area contributed by atoms with Gasteiger partial charge in [0.2, 0.25) is 0 Å². The van der Waals surface area contributed by atoms with E-state index in [2.05, 4.69) is 25.3 Å². The fraction of sp³-hybridized carbons (Fsp3) is 0.385. The number of H-pyrrole nitrogens is 1. The number of hydrogen-bond donors (Lipinski definition) is 2. The lowest BCUT2D eigenvalue weighted by Crippen LogP contribution is -2.21. The van der Waals surface area contributed by atoms with Crippen LogP contribution in [-0.2, 0) is 11.3 Å². The molecule has 0 aliphatic rings. The Labute approximate surface area is 116 Å². The highest BCUT2D eigenvalue weighted by Crippen LogP contribution is 2.09. The molecular formula is C13H17N5O2. The van der Waals surface area contributed by atoms with E-state index in [1.807, 2.05) is 0 Å². The molecule has 2 heterocycles. The highest BCUT2D eigenvalue weighted by molar-refractivity contribution is 5.47. The third-order valence-electron chi connectivity index (χ3n) is 2.60. The van der Waals surface area contributed by atoms with Gasteiger partial charge < -0.3 is 15.0 Å². The first-order valence-corrected chi connectivity index (χ1v) is 6.29. The Kier molecular flexibility index (Phi) is 4.91. The van der Waals surface area contributed by atoms with Crippen LogP contribution in [0.5, 0.6) is 0 Å². The average Bonchev–Trinajstić information content (AvgIpc) is 2.43.